The van der Waals surface area contributed by atoms with E-state index in [1.54, 1.807) is 0 Å². The fourth-order valence-electron chi connectivity index (χ4n) is 1.28. The minimum absolute atomic E-state index is 0.109. The minimum Gasteiger partial charge on any atom is -0.395 e. The van der Waals surface area contributed by atoms with Crippen LogP contribution in [0.2, 0.25) is 0 Å². The standard InChI is InChI=1S/C10H22N2O3/c1-3-8(2)9(11)10(15)12(4-6-13)5-7-14/h8-9,13-14H,3-7,11H2,1-2H3/t8-,9-/m0/s1. The molecule has 0 heterocycles. The summed E-state index contributed by atoms with van der Waals surface area (Å²) in [6, 6.07) is -0.548. The first-order valence-electron chi connectivity index (χ1n) is 5.34. The molecule has 15 heavy (non-hydrogen) atoms. The highest BCUT2D eigenvalue weighted by Crippen LogP contribution is 2.08. The molecule has 0 fully saturated rings. The molecule has 0 radical (unpaired) electrons. The van der Waals surface area contributed by atoms with Gasteiger partial charge in [-0.2, -0.15) is 0 Å². The zero-order valence-corrected chi connectivity index (χ0v) is 9.52. The van der Waals surface area contributed by atoms with Gasteiger partial charge in [-0.15, -0.1) is 0 Å². The topological polar surface area (TPSA) is 86.8 Å². The van der Waals surface area contributed by atoms with Gasteiger partial charge in [0.25, 0.3) is 0 Å². The number of nitrogens with two attached hydrogens (primary N) is 1. The first-order valence-corrected chi connectivity index (χ1v) is 5.34. The number of hydrogen-bond donors (Lipinski definition) is 3. The number of aliphatic hydroxyl groups is 2. The van der Waals surface area contributed by atoms with Gasteiger partial charge in [0.2, 0.25) is 5.91 Å². The molecule has 0 saturated heterocycles. The van der Waals surface area contributed by atoms with Crippen LogP contribution in [-0.4, -0.2) is 53.4 Å². The zero-order chi connectivity index (χ0) is 11.8. The molecule has 0 aliphatic carbocycles. The second kappa shape index (κ2) is 7.62. The largest absolute Gasteiger partial charge is 0.395 e. The predicted molar refractivity (Wildman–Crippen MR) is 58.2 cm³/mol. The third kappa shape index (κ3) is 4.59. The molecular weight excluding hydrogens is 196 g/mol. The van der Waals surface area contributed by atoms with Crippen molar-refractivity contribution in [3.05, 3.63) is 0 Å². The van der Waals surface area contributed by atoms with Gasteiger partial charge in [0.15, 0.2) is 0 Å². The maximum absolute atomic E-state index is 11.8. The predicted octanol–water partition coefficient (Wildman–Crippen LogP) is -0.827. The van der Waals surface area contributed by atoms with Crippen molar-refractivity contribution in [3.63, 3.8) is 0 Å². The Morgan fingerprint density at radius 1 is 1.33 bits per heavy atom. The molecule has 0 aromatic carbocycles. The average Bonchev–Trinajstić information content (AvgIpc) is 2.25. The van der Waals surface area contributed by atoms with E-state index < -0.39 is 6.04 Å². The van der Waals surface area contributed by atoms with Crippen molar-refractivity contribution in [1.82, 2.24) is 4.90 Å². The quantitative estimate of drug-likeness (QED) is 0.520. The van der Waals surface area contributed by atoms with Crippen molar-refractivity contribution in [1.29, 1.82) is 0 Å². The van der Waals surface area contributed by atoms with Crippen LogP contribution in [0.25, 0.3) is 0 Å². The van der Waals surface area contributed by atoms with Crippen molar-refractivity contribution in [2.45, 2.75) is 26.3 Å². The van der Waals surface area contributed by atoms with Gasteiger partial charge in [-0.05, 0) is 5.92 Å². The summed E-state index contributed by atoms with van der Waals surface area (Å²) in [6.07, 6.45) is 0.832. The second-order valence-electron chi connectivity index (χ2n) is 3.68. The summed E-state index contributed by atoms with van der Waals surface area (Å²) in [5.74, 6) is -0.0927. The summed E-state index contributed by atoms with van der Waals surface area (Å²) in [6.45, 7) is 4.11. The lowest BCUT2D eigenvalue weighted by Gasteiger charge is -2.26. The van der Waals surface area contributed by atoms with Crippen LogP contribution in [-0.2, 0) is 4.79 Å². The van der Waals surface area contributed by atoms with Crippen LogP contribution < -0.4 is 5.73 Å². The number of hydrogen-bond acceptors (Lipinski definition) is 4. The van der Waals surface area contributed by atoms with E-state index in [1.165, 1.54) is 4.90 Å². The summed E-state index contributed by atoms with van der Waals surface area (Å²) in [7, 11) is 0. The highest BCUT2D eigenvalue weighted by Gasteiger charge is 2.24. The van der Waals surface area contributed by atoms with Gasteiger partial charge in [-0.25, -0.2) is 0 Å². The lowest BCUT2D eigenvalue weighted by molar-refractivity contribution is -0.134. The van der Waals surface area contributed by atoms with Gasteiger partial charge in [0, 0.05) is 13.1 Å². The van der Waals surface area contributed by atoms with Crippen molar-refractivity contribution in [2.24, 2.45) is 11.7 Å². The lowest BCUT2D eigenvalue weighted by atomic mass is 9.99. The smallest absolute Gasteiger partial charge is 0.239 e. The third-order valence-electron chi connectivity index (χ3n) is 2.59. The number of amides is 1. The Labute approximate surface area is 90.9 Å². The molecule has 0 aromatic rings. The summed E-state index contributed by atoms with van der Waals surface area (Å²) < 4.78 is 0. The first-order chi connectivity index (χ1) is 7.08. The molecule has 0 saturated carbocycles. The van der Waals surface area contributed by atoms with Gasteiger partial charge >= 0.3 is 0 Å². The van der Waals surface area contributed by atoms with Crippen LogP contribution in [0.5, 0.6) is 0 Å². The molecule has 1 amide bonds. The van der Waals surface area contributed by atoms with Crippen LogP contribution in [0.3, 0.4) is 0 Å². The van der Waals surface area contributed by atoms with E-state index in [0.29, 0.717) is 0 Å². The normalized spacial score (nSPS) is 14.7. The Hall–Kier alpha value is -0.650. The van der Waals surface area contributed by atoms with E-state index in [0.717, 1.165) is 6.42 Å². The molecule has 0 aliphatic heterocycles. The van der Waals surface area contributed by atoms with E-state index in [2.05, 4.69) is 0 Å². The summed E-state index contributed by atoms with van der Waals surface area (Å²) in [5, 5.41) is 17.5. The Balaban J connectivity index is 4.33. The van der Waals surface area contributed by atoms with Gasteiger partial charge in [0.1, 0.15) is 0 Å². The summed E-state index contributed by atoms with van der Waals surface area (Å²) >= 11 is 0. The van der Waals surface area contributed by atoms with Crippen molar-refractivity contribution >= 4 is 5.91 Å². The molecule has 0 unspecified atom stereocenters. The molecule has 0 aromatic heterocycles. The highest BCUT2D eigenvalue weighted by molar-refractivity contribution is 5.81. The van der Waals surface area contributed by atoms with E-state index in [9.17, 15) is 4.79 Å². The number of carbonyl (C=O) groups excluding carboxylic acids is 1. The molecule has 0 bridgehead atoms. The van der Waals surface area contributed by atoms with Crippen molar-refractivity contribution < 1.29 is 15.0 Å². The number of nitrogens with zero attached hydrogens (tertiary/aromatic N) is 1. The molecular formula is C10H22N2O3. The van der Waals surface area contributed by atoms with Gasteiger partial charge in [-0.1, -0.05) is 20.3 Å². The third-order valence-corrected chi connectivity index (χ3v) is 2.59. The molecule has 5 heteroatoms. The zero-order valence-electron chi connectivity index (χ0n) is 9.52. The molecule has 0 spiro atoms. The van der Waals surface area contributed by atoms with Crippen molar-refractivity contribution in [2.75, 3.05) is 26.3 Å². The van der Waals surface area contributed by atoms with E-state index in [1.807, 2.05) is 13.8 Å². The van der Waals surface area contributed by atoms with E-state index >= 15 is 0 Å². The average molecular weight is 218 g/mol. The van der Waals surface area contributed by atoms with Crippen molar-refractivity contribution in [3.8, 4) is 0 Å². The maximum Gasteiger partial charge on any atom is 0.239 e. The summed E-state index contributed by atoms with van der Waals surface area (Å²) in [5.41, 5.74) is 5.78. The molecule has 4 N–H and O–H groups in total. The Kier molecular flexibility index (Phi) is 7.29. The monoisotopic (exact) mass is 218 g/mol. The van der Waals surface area contributed by atoms with E-state index in [-0.39, 0.29) is 38.1 Å². The van der Waals surface area contributed by atoms with Gasteiger partial charge in [0.05, 0.1) is 19.3 Å². The minimum atomic E-state index is -0.548. The molecule has 2 atom stereocenters. The first kappa shape index (κ1) is 14.3. The number of aliphatic hydroxyl groups excluding tert-OH is 2. The van der Waals surface area contributed by atoms with Gasteiger partial charge < -0.3 is 20.8 Å². The van der Waals surface area contributed by atoms with Crippen LogP contribution in [0.1, 0.15) is 20.3 Å². The molecule has 0 aliphatic rings. The van der Waals surface area contributed by atoms with E-state index in [4.69, 9.17) is 15.9 Å². The molecule has 0 rings (SSSR count). The summed E-state index contributed by atoms with van der Waals surface area (Å²) in [4.78, 5) is 13.2. The molecule has 90 valence electrons. The Morgan fingerprint density at radius 3 is 2.13 bits per heavy atom. The number of carbonyl (C=O) groups is 1. The SMILES string of the molecule is CC[C@H](C)[C@H](N)C(=O)N(CCO)CCO. The molecule has 5 nitrogen and oxygen atoms in total. The van der Waals surface area contributed by atoms with Crippen LogP contribution in [0.15, 0.2) is 0 Å². The van der Waals surface area contributed by atoms with Gasteiger partial charge in [-0.3, -0.25) is 4.79 Å². The Bertz CT molecular complexity index is 182. The fourth-order valence-corrected chi connectivity index (χ4v) is 1.28. The maximum atomic E-state index is 11.8. The Morgan fingerprint density at radius 2 is 1.80 bits per heavy atom. The van der Waals surface area contributed by atoms with Crippen LogP contribution >= 0.6 is 0 Å². The highest BCUT2D eigenvalue weighted by atomic mass is 16.3. The van der Waals surface area contributed by atoms with Crippen LogP contribution in [0.4, 0.5) is 0 Å². The number of rotatable bonds is 7. The van der Waals surface area contributed by atoms with Crippen LogP contribution in [0, 0.1) is 5.92 Å². The lowest BCUT2D eigenvalue weighted by Crippen LogP contribution is -2.48. The second-order valence-corrected chi connectivity index (χ2v) is 3.68. The fraction of sp³-hybridized carbons (Fsp3) is 0.900.